The Balaban J connectivity index is 1.73. The van der Waals surface area contributed by atoms with Crippen LogP contribution in [0.3, 0.4) is 0 Å². The lowest BCUT2D eigenvalue weighted by Crippen LogP contribution is -2.47. The van der Waals surface area contributed by atoms with Crippen molar-refractivity contribution >= 4 is 23.4 Å². The summed E-state index contributed by atoms with van der Waals surface area (Å²) in [5.41, 5.74) is 2.86. The molecule has 2 aromatic rings. The standard InChI is InChI=1S/C23H30N6O3/c1-4-17-14-32-13-12-29(17)21-18-10-11-28(3)22(30)19(18)26-20(27-21)15-6-8-16(9-7-15)25-23(31)24-5-2/h6-9,17H,4-5,10-14H2,1-3H3,(H2,24,25,31). The van der Waals surface area contributed by atoms with Gasteiger partial charge in [0.15, 0.2) is 5.82 Å². The molecule has 9 nitrogen and oxygen atoms in total. The lowest BCUT2D eigenvalue weighted by atomic mass is 10.0. The molecule has 0 aliphatic carbocycles. The van der Waals surface area contributed by atoms with Crippen LogP contribution < -0.4 is 15.5 Å². The minimum Gasteiger partial charge on any atom is -0.377 e. The molecular formula is C23H30N6O3. The Hall–Kier alpha value is -3.20. The molecular weight excluding hydrogens is 408 g/mol. The van der Waals surface area contributed by atoms with E-state index in [0.717, 1.165) is 36.3 Å². The lowest BCUT2D eigenvalue weighted by Gasteiger charge is -2.38. The third kappa shape index (κ3) is 4.38. The summed E-state index contributed by atoms with van der Waals surface area (Å²) in [7, 11) is 1.80. The van der Waals surface area contributed by atoms with Crippen molar-refractivity contribution in [3.63, 3.8) is 0 Å². The number of nitrogens with zero attached hydrogens (tertiary/aromatic N) is 4. The first-order chi connectivity index (χ1) is 15.5. The fourth-order valence-electron chi connectivity index (χ4n) is 4.12. The van der Waals surface area contributed by atoms with E-state index in [2.05, 4.69) is 27.4 Å². The molecule has 3 heterocycles. The zero-order chi connectivity index (χ0) is 22.7. The van der Waals surface area contributed by atoms with Gasteiger partial charge in [0.2, 0.25) is 0 Å². The van der Waals surface area contributed by atoms with Crippen LogP contribution in [0.5, 0.6) is 0 Å². The Bertz CT molecular complexity index is 994. The van der Waals surface area contributed by atoms with Crippen molar-refractivity contribution in [2.75, 3.05) is 50.1 Å². The smallest absolute Gasteiger partial charge is 0.319 e. The Labute approximate surface area is 188 Å². The second-order valence-corrected chi connectivity index (χ2v) is 8.07. The number of hydrogen-bond donors (Lipinski definition) is 2. The fraction of sp³-hybridized carbons (Fsp3) is 0.478. The Morgan fingerprint density at radius 3 is 2.69 bits per heavy atom. The SMILES string of the molecule is CCNC(=O)Nc1ccc(-c2nc3c(c(N4CCOCC4CC)n2)CCN(C)C3=O)cc1. The zero-order valence-electron chi connectivity index (χ0n) is 18.9. The molecule has 1 aromatic heterocycles. The Kier molecular flexibility index (Phi) is 6.55. The van der Waals surface area contributed by atoms with Crippen LogP contribution in [0.1, 0.15) is 36.3 Å². The number of likely N-dealkylation sites (N-methyl/N-ethyl adjacent to an activating group) is 1. The number of aromatic nitrogens is 2. The van der Waals surface area contributed by atoms with Crippen molar-refractivity contribution in [1.82, 2.24) is 20.2 Å². The summed E-state index contributed by atoms with van der Waals surface area (Å²) < 4.78 is 5.68. The quantitative estimate of drug-likeness (QED) is 0.744. The minimum atomic E-state index is -0.251. The third-order valence-electron chi connectivity index (χ3n) is 5.94. The van der Waals surface area contributed by atoms with Crippen LogP contribution in [0.2, 0.25) is 0 Å². The van der Waals surface area contributed by atoms with Gasteiger partial charge < -0.3 is 25.2 Å². The molecule has 1 unspecified atom stereocenters. The molecule has 170 valence electrons. The van der Waals surface area contributed by atoms with Gasteiger partial charge in [-0.15, -0.1) is 0 Å². The molecule has 0 saturated carbocycles. The van der Waals surface area contributed by atoms with E-state index in [1.54, 1.807) is 11.9 Å². The number of morpholine rings is 1. The normalized spacial score (nSPS) is 18.3. The summed E-state index contributed by atoms with van der Waals surface area (Å²) in [6, 6.07) is 7.31. The van der Waals surface area contributed by atoms with Crippen molar-refractivity contribution in [2.24, 2.45) is 0 Å². The molecule has 0 bridgehead atoms. The molecule has 0 radical (unpaired) electrons. The van der Waals surface area contributed by atoms with Gasteiger partial charge in [0.05, 0.1) is 19.3 Å². The number of amides is 3. The van der Waals surface area contributed by atoms with Crippen LogP contribution in [-0.4, -0.2) is 72.7 Å². The van der Waals surface area contributed by atoms with E-state index in [-0.39, 0.29) is 18.0 Å². The molecule has 3 amide bonds. The molecule has 0 spiro atoms. The van der Waals surface area contributed by atoms with Crippen LogP contribution in [0, 0.1) is 0 Å². The van der Waals surface area contributed by atoms with Gasteiger partial charge in [-0.3, -0.25) is 4.79 Å². The van der Waals surface area contributed by atoms with Gasteiger partial charge in [0.25, 0.3) is 5.91 Å². The number of carbonyl (C=O) groups excluding carboxylic acids is 2. The minimum absolute atomic E-state index is 0.0769. The van der Waals surface area contributed by atoms with Crippen molar-refractivity contribution in [3.8, 4) is 11.4 Å². The summed E-state index contributed by atoms with van der Waals surface area (Å²) >= 11 is 0. The van der Waals surface area contributed by atoms with Crippen LogP contribution in [-0.2, 0) is 11.2 Å². The van der Waals surface area contributed by atoms with Gasteiger partial charge in [0, 0.05) is 43.5 Å². The number of urea groups is 1. The second kappa shape index (κ2) is 9.52. The van der Waals surface area contributed by atoms with Gasteiger partial charge >= 0.3 is 6.03 Å². The summed E-state index contributed by atoms with van der Waals surface area (Å²) in [6.45, 7) is 7.24. The highest BCUT2D eigenvalue weighted by Gasteiger charge is 2.32. The van der Waals surface area contributed by atoms with E-state index in [1.165, 1.54) is 0 Å². The van der Waals surface area contributed by atoms with Gasteiger partial charge in [0.1, 0.15) is 11.5 Å². The predicted molar refractivity (Wildman–Crippen MR) is 123 cm³/mol. The first kappa shape index (κ1) is 22.0. The summed E-state index contributed by atoms with van der Waals surface area (Å²) in [4.78, 5) is 38.3. The maximum atomic E-state index is 13.0. The van der Waals surface area contributed by atoms with E-state index >= 15 is 0 Å². The van der Waals surface area contributed by atoms with E-state index in [4.69, 9.17) is 9.72 Å². The van der Waals surface area contributed by atoms with Crippen LogP contribution in [0.15, 0.2) is 24.3 Å². The summed E-state index contributed by atoms with van der Waals surface area (Å²) in [5.74, 6) is 1.27. The number of hydrogen-bond acceptors (Lipinski definition) is 6. The van der Waals surface area contributed by atoms with Crippen molar-refractivity contribution < 1.29 is 14.3 Å². The number of fused-ring (bicyclic) bond motifs is 1. The summed E-state index contributed by atoms with van der Waals surface area (Å²) in [5, 5.41) is 5.49. The van der Waals surface area contributed by atoms with Crippen molar-refractivity contribution in [2.45, 2.75) is 32.7 Å². The number of anilines is 2. The van der Waals surface area contributed by atoms with E-state index in [0.29, 0.717) is 43.5 Å². The second-order valence-electron chi connectivity index (χ2n) is 8.07. The third-order valence-corrected chi connectivity index (χ3v) is 5.94. The molecule has 4 rings (SSSR count). The largest absolute Gasteiger partial charge is 0.377 e. The molecule has 2 N–H and O–H groups in total. The van der Waals surface area contributed by atoms with Crippen molar-refractivity contribution in [3.05, 3.63) is 35.5 Å². The molecule has 2 aliphatic heterocycles. The molecule has 9 heteroatoms. The maximum absolute atomic E-state index is 13.0. The highest BCUT2D eigenvalue weighted by Crippen LogP contribution is 2.32. The molecule has 1 saturated heterocycles. The predicted octanol–water partition coefficient (Wildman–Crippen LogP) is 2.53. The monoisotopic (exact) mass is 438 g/mol. The summed E-state index contributed by atoms with van der Waals surface area (Å²) in [6.07, 6.45) is 1.67. The fourth-order valence-corrected chi connectivity index (χ4v) is 4.12. The Morgan fingerprint density at radius 1 is 1.19 bits per heavy atom. The van der Waals surface area contributed by atoms with Gasteiger partial charge in [-0.25, -0.2) is 14.8 Å². The lowest BCUT2D eigenvalue weighted by molar-refractivity contribution is 0.0772. The number of benzene rings is 1. The first-order valence-corrected chi connectivity index (χ1v) is 11.2. The first-order valence-electron chi connectivity index (χ1n) is 11.2. The van der Waals surface area contributed by atoms with Crippen LogP contribution >= 0.6 is 0 Å². The number of carbonyl (C=O) groups is 2. The zero-order valence-corrected chi connectivity index (χ0v) is 18.9. The van der Waals surface area contributed by atoms with Crippen molar-refractivity contribution in [1.29, 1.82) is 0 Å². The molecule has 32 heavy (non-hydrogen) atoms. The van der Waals surface area contributed by atoms with Gasteiger partial charge in [-0.2, -0.15) is 0 Å². The van der Waals surface area contributed by atoms with Gasteiger partial charge in [-0.05, 0) is 44.0 Å². The highest BCUT2D eigenvalue weighted by atomic mass is 16.5. The Morgan fingerprint density at radius 2 is 1.97 bits per heavy atom. The number of ether oxygens (including phenoxy) is 1. The average Bonchev–Trinajstić information content (AvgIpc) is 2.81. The van der Waals surface area contributed by atoms with E-state index < -0.39 is 0 Å². The van der Waals surface area contributed by atoms with E-state index in [9.17, 15) is 9.59 Å². The topological polar surface area (TPSA) is 99.7 Å². The molecule has 1 aromatic carbocycles. The van der Waals surface area contributed by atoms with Gasteiger partial charge in [-0.1, -0.05) is 6.92 Å². The number of rotatable bonds is 5. The molecule has 1 atom stereocenters. The number of nitrogens with one attached hydrogen (secondary N) is 2. The molecule has 1 fully saturated rings. The average molecular weight is 439 g/mol. The highest BCUT2D eigenvalue weighted by molar-refractivity contribution is 5.96. The molecule has 2 aliphatic rings. The van der Waals surface area contributed by atoms with E-state index in [1.807, 2.05) is 31.2 Å². The maximum Gasteiger partial charge on any atom is 0.319 e. The van der Waals surface area contributed by atoms with Crippen LogP contribution in [0.25, 0.3) is 11.4 Å². The van der Waals surface area contributed by atoms with Crippen LogP contribution in [0.4, 0.5) is 16.3 Å².